The van der Waals surface area contributed by atoms with E-state index < -0.39 is 0 Å². The molecule has 1 amide bonds. The SMILES string of the molecule is Cc1cn(C)c([C@H]2CCCN2C(=O)Cc2ccc3c(c2)CCCC3)n1. The Morgan fingerprint density at radius 1 is 1.20 bits per heavy atom. The van der Waals surface area contributed by atoms with Gasteiger partial charge in [0.15, 0.2) is 0 Å². The molecule has 1 aliphatic carbocycles. The van der Waals surface area contributed by atoms with Gasteiger partial charge in [0.25, 0.3) is 0 Å². The van der Waals surface area contributed by atoms with E-state index in [1.54, 1.807) is 0 Å². The lowest BCUT2D eigenvalue weighted by Gasteiger charge is -2.25. The van der Waals surface area contributed by atoms with Gasteiger partial charge in [-0.3, -0.25) is 4.79 Å². The van der Waals surface area contributed by atoms with E-state index in [2.05, 4.69) is 27.8 Å². The van der Waals surface area contributed by atoms with Gasteiger partial charge in [0.2, 0.25) is 5.91 Å². The van der Waals surface area contributed by atoms with Gasteiger partial charge in [0.1, 0.15) is 5.82 Å². The van der Waals surface area contributed by atoms with Crippen molar-refractivity contribution >= 4 is 5.91 Å². The van der Waals surface area contributed by atoms with Gasteiger partial charge in [0.05, 0.1) is 18.2 Å². The number of benzene rings is 1. The zero-order valence-electron chi connectivity index (χ0n) is 15.3. The Morgan fingerprint density at radius 3 is 2.76 bits per heavy atom. The van der Waals surface area contributed by atoms with E-state index in [9.17, 15) is 4.79 Å². The van der Waals surface area contributed by atoms with Crippen LogP contribution in [0.2, 0.25) is 0 Å². The van der Waals surface area contributed by atoms with Crippen molar-refractivity contribution in [2.24, 2.45) is 7.05 Å². The smallest absolute Gasteiger partial charge is 0.227 e. The first-order valence-corrected chi connectivity index (χ1v) is 9.52. The minimum Gasteiger partial charge on any atom is -0.336 e. The minimum absolute atomic E-state index is 0.129. The summed E-state index contributed by atoms with van der Waals surface area (Å²) in [6.45, 7) is 2.86. The quantitative estimate of drug-likeness (QED) is 0.859. The highest BCUT2D eigenvalue weighted by Crippen LogP contribution is 2.32. The average molecular weight is 337 g/mol. The number of likely N-dealkylation sites (tertiary alicyclic amines) is 1. The Balaban J connectivity index is 1.51. The second-order valence-electron chi connectivity index (χ2n) is 7.58. The van der Waals surface area contributed by atoms with E-state index in [1.807, 2.05) is 25.1 Å². The van der Waals surface area contributed by atoms with Crippen molar-refractivity contribution < 1.29 is 4.79 Å². The lowest BCUT2D eigenvalue weighted by molar-refractivity contribution is -0.131. The zero-order valence-corrected chi connectivity index (χ0v) is 15.3. The zero-order chi connectivity index (χ0) is 17.4. The van der Waals surface area contributed by atoms with E-state index in [1.165, 1.54) is 30.4 Å². The molecule has 0 radical (unpaired) electrons. The van der Waals surface area contributed by atoms with Crippen LogP contribution in [-0.2, 0) is 31.1 Å². The molecule has 1 saturated heterocycles. The van der Waals surface area contributed by atoms with Crippen molar-refractivity contribution in [1.29, 1.82) is 0 Å². The molecule has 132 valence electrons. The number of imidazole rings is 1. The van der Waals surface area contributed by atoms with Crippen LogP contribution in [0.5, 0.6) is 0 Å². The number of hydrogen-bond acceptors (Lipinski definition) is 2. The second-order valence-corrected chi connectivity index (χ2v) is 7.58. The van der Waals surface area contributed by atoms with Gasteiger partial charge in [0, 0.05) is 19.8 Å². The normalized spacial score (nSPS) is 19.9. The maximum absolute atomic E-state index is 13.0. The van der Waals surface area contributed by atoms with Crippen molar-refractivity contribution in [3.63, 3.8) is 0 Å². The number of fused-ring (bicyclic) bond motifs is 1. The van der Waals surface area contributed by atoms with Crippen molar-refractivity contribution in [2.75, 3.05) is 6.54 Å². The number of nitrogens with zero attached hydrogens (tertiary/aromatic N) is 3. The van der Waals surface area contributed by atoms with E-state index in [-0.39, 0.29) is 11.9 Å². The predicted octanol–water partition coefficient (Wildman–Crippen LogP) is 3.51. The molecule has 1 aromatic carbocycles. The fourth-order valence-electron chi connectivity index (χ4n) is 4.45. The van der Waals surface area contributed by atoms with Crippen molar-refractivity contribution in [2.45, 2.75) is 57.9 Å². The maximum atomic E-state index is 13.0. The van der Waals surface area contributed by atoms with Gasteiger partial charge in [-0.1, -0.05) is 18.2 Å². The minimum atomic E-state index is 0.129. The molecule has 4 rings (SSSR count). The van der Waals surface area contributed by atoms with Crippen molar-refractivity contribution in [1.82, 2.24) is 14.5 Å². The van der Waals surface area contributed by atoms with Gasteiger partial charge in [-0.25, -0.2) is 4.98 Å². The monoisotopic (exact) mass is 337 g/mol. The van der Waals surface area contributed by atoms with Crippen LogP contribution in [0, 0.1) is 6.92 Å². The van der Waals surface area contributed by atoms with Gasteiger partial charge in [-0.15, -0.1) is 0 Å². The first kappa shape index (κ1) is 16.4. The van der Waals surface area contributed by atoms with Crippen LogP contribution in [0.15, 0.2) is 24.4 Å². The lowest BCUT2D eigenvalue weighted by Crippen LogP contribution is -2.33. The van der Waals surface area contributed by atoms with E-state index in [0.29, 0.717) is 6.42 Å². The topological polar surface area (TPSA) is 38.1 Å². The highest BCUT2D eigenvalue weighted by atomic mass is 16.2. The van der Waals surface area contributed by atoms with Crippen LogP contribution in [0.3, 0.4) is 0 Å². The molecule has 0 bridgehead atoms. The molecule has 2 aromatic rings. The standard InChI is InChI=1S/C21H27N3O/c1-15-14-23(2)21(22-15)19-8-5-11-24(19)20(25)13-16-9-10-17-6-3-4-7-18(17)12-16/h9-10,12,14,19H,3-8,11,13H2,1-2H3/t19-/m1/s1. The van der Waals surface area contributed by atoms with E-state index in [0.717, 1.165) is 42.9 Å². The number of amides is 1. The summed E-state index contributed by atoms with van der Waals surface area (Å²) >= 11 is 0. The molecule has 25 heavy (non-hydrogen) atoms. The largest absolute Gasteiger partial charge is 0.336 e. The molecule has 2 aliphatic rings. The average Bonchev–Trinajstić information content (AvgIpc) is 3.20. The highest BCUT2D eigenvalue weighted by Gasteiger charge is 2.32. The van der Waals surface area contributed by atoms with Crippen molar-refractivity contribution in [3.8, 4) is 0 Å². The number of carbonyl (C=O) groups excluding carboxylic acids is 1. The molecule has 1 fully saturated rings. The maximum Gasteiger partial charge on any atom is 0.227 e. The van der Waals surface area contributed by atoms with E-state index >= 15 is 0 Å². The van der Waals surface area contributed by atoms with Crippen LogP contribution >= 0.6 is 0 Å². The third-order valence-electron chi connectivity index (χ3n) is 5.67. The lowest BCUT2D eigenvalue weighted by atomic mass is 9.90. The Bertz CT molecular complexity index is 792. The summed E-state index contributed by atoms with van der Waals surface area (Å²) in [5.74, 6) is 1.26. The summed E-state index contributed by atoms with van der Waals surface area (Å²) < 4.78 is 2.07. The molecular weight excluding hydrogens is 310 g/mol. The first-order chi connectivity index (χ1) is 12.1. The molecule has 0 N–H and O–H groups in total. The molecule has 4 heteroatoms. The van der Waals surface area contributed by atoms with Crippen LogP contribution in [0.1, 0.15) is 59.9 Å². The summed E-state index contributed by atoms with van der Waals surface area (Å²) in [5, 5.41) is 0. The summed E-state index contributed by atoms with van der Waals surface area (Å²) in [6.07, 6.45) is 9.55. The molecule has 0 saturated carbocycles. The number of rotatable bonds is 3. The summed E-state index contributed by atoms with van der Waals surface area (Å²) in [7, 11) is 2.03. The number of carbonyl (C=O) groups is 1. The van der Waals surface area contributed by atoms with Gasteiger partial charge >= 0.3 is 0 Å². The number of hydrogen-bond donors (Lipinski definition) is 0. The van der Waals surface area contributed by atoms with Gasteiger partial charge in [-0.2, -0.15) is 0 Å². The fourth-order valence-corrected chi connectivity index (χ4v) is 4.45. The Labute approximate surface area is 149 Å². The first-order valence-electron chi connectivity index (χ1n) is 9.52. The van der Waals surface area contributed by atoms with Crippen LogP contribution in [0.25, 0.3) is 0 Å². The molecular formula is C21H27N3O. The molecule has 0 unspecified atom stereocenters. The molecule has 0 spiro atoms. The highest BCUT2D eigenvalue weighted by molar-refractivity contribution is 5.79. The second kappa shape index (κ2) is 6.66. The Kier molecular flexibility index (Phi) is 4.36. The Hall–Kier alpha value is -2.10. The molecule has 2 heterocycles. The van der Waals surface area contributed by atoms with Gasteiger partial charge in [-0.05, 0) is 62.1 Å². The predicted molar refractivity (Wildman–Crippen MR) is 98.4 cm³/mol. The van der Waals surface area contributed by atoms with Crippen LogP contribution in [0.4, 0.5) is 0 Å². The third kappa shape index (κ3) is 3.22. The van der Waals surface area contributed by atoms with Crippen molar-refractivity contribution in [3.05, 3.63) is 52.6 Å². The van der Waals surface area contributed by atoms with Crippen LogP contribution < -0.4 is 0 Å². The Morgan fingerprint density at radius 2 is 2.00 bits per heavy atom. The molecule has 4 nitrogen and oxygen atoms in total. The third-order valence-corrected chi connectivity index (χ3v) is 5.67. The summed E-state index contributed by atoms with van der Waals surface area (Å²) in [5.41, 5.74) is 5.11. The van der Waals surface area contributed by atoms with E-state index in [4.69, 9.17) is 0 Å². The number of aromatic nitrogens is 2. The summed E-state index contributed by atoms with van der Waals surface area (Å²) in [6, 6.07) is 6.78. The summed E-state index contributed by atoms with van der Waals surface area (Å²) in [4.78, 5) is 19.7. The number of aryl methyl sites for hydroxylation is 4. The van der Waals surface area contributed by atoms with Gasteiger partial charge < -0.3 is 9.47 Å². The van der Waals surface area contributed by atoms with Crippen LogP contribution in [-0.4, -0.2) is 26.9 Å². The fraction of sp³-hybridized carbons (Fsp3) is 0.524. The molecule has 1 atom stereocenters. The molecule has 1 aromatic heterocycles. The molecule has 1 aliphatic heterocycles.